The molecule has 1 saturated carbocycles. The van der Waals surface area contributed by atoms with Crippen LogP contribution in [0.15, 0.2) is 47.0 Å². The molecule has 2 heterocycles. The van der Waals surface area contributed by atoms with Gasteiger partial charge >= 0.3 is 0 Å². The summed E-state index contributed by atoms with van der Waals surface area (Å²) in [5.74, 6) is -0.773. The molecule has 1 saturated heterocycles. The highest BCUT2D eigenvalue weighted by Crippen LogP contribution is 2.43. The Morgan fingerprint density at radius 1 is 1.00 bits per heavy atom. The van der Waals surface area contributed by atoms with Gasteiger partial charge in [0.25, 0.3) is 11.6 Å². The first-order valence-electron chi connectivity index (χ1n) is 13.9. The van der Waals surface area contributed by atoms with Gasteiger partial charge in [-0.05, 0) is 50.7 Å². The standard InChI is InChI=1S/C29H33N5O8/c1-17(35)30-18-2-4-20(5-3-18)33-12-10-19(11-13-33)31-29(38)24-16-27(42-32-24)28-25(37)14-22(36)15-26(28)41-23-8-6-21(7-9-23)34(39)40/h6-9,14-16,18-20,36-37H,2-5,10-13H2,1H3,(H,30,35)(H,31,38)/t18-,20+. The lowest BCUT2D eigenvalue weighted by Crippen LogP contribution is -2.50. The largest absolute Gasteiger partial charge is 0.508 e. The summed E-state index contributed by atoms with van der Waals surface area (Å²) in [6.07, 6.45) is 5.65. The monoisotopic (exact) mass is 579 g/mol. The van der Waals surface area contributed by atoms with Gasteiger partial charge in [-0.2, -0.15) is 0 Å². The highest BCUT2D eigenvalue weighted by molar-refractivity contribution is 5.93. The van der Waals surface area contributed by atoms with Crippen LogP contribution in [0.1, 0.15) is 55.9 Å². The Morgan fingerprint density at radius 2 is 1.67 bits per heavy atom. The molecular weight excluding hydrogens is 546 g/mol. The molecule has 0 unspecified atom stereocenters. The number of nitrogens with one attached hydrogen (secondary N) is 2. The number of nitrogens with zero attached hydrogens (tertiary/aromatic N) is 3. The molecule has 42 heavy (non-hydrogen) atoms. The maximum atomic E-state index is 13.0. The molecule has 4 N–H and O–H groups in total. The molecule has 0 atom stereocenters. The number of piperidine rings is 1. The van der Waals surface area contributed by atoms with Gasteiger partial charge in [0.15, 0.2) is 11.5 Å². The fraction of sp³-hybridized carbons (Fsp3) is 0.414. The van der Waals surface area contributed by atoms with E-state index in [9.17, 15) is 29.9 Å². The van der Waals surface area contributed by atoms with E-state index in [-0.39, 0.29) is 63.7 Å². The summed E-state index contributed by atoms with van der Waals surface area (Å²) in [4.78, 5) is 37.2. The summed E-state index contributed by atoms with van der Waals surface area (Å²) >= 11 is 0. The Balaban J connectivity index is 1.20. The van der Waals surface area contributed by atoms with E-state index in [0.29, 0.717) is 6.04 Å². The number of non-ortho nitro benzene ring substituents is 1. The van der Waals surface area contributed by atoms with Crippen molar-refractivity contribution in [1.29, 1.82) is 0 Å². The number of phenolic OH excluding ortho intramolecular Hbond substituents is 2. The van der Waals surface area contributed by atoms with Gasteiger partial charge in [-0.25, -0.2) is 0 Å². The summed E-state index contributed by atoms with van der Waals surface area (Å²) in [6, 6.07) is 9.74. The molecular formula is C29H33N5O8. The molecule has 3 aromatic rings. The number of hydrogen-bond donors (Lipinski definition) is 4. The van der Waals surface area contributed by atoms with Gasteiger partial charge in [0, 0.05) is 68.5 Å². The van der Waals surface area contributed by atoms with E-state index in [1.807, 2.05) is 0 Å². The zero-order chi connectivity index (χ0) is 29.8. The molecule has 13 heteroatoms. The first-order chi connectivity index (χ1) is 20.2. The van der Waals surface area contributed by atoms with Crippen LogP contribution in [0.4, 0.5) is 5.69 Å². The van der Waals surface area contributed by atoms with Crippen molar-refractivity contribution < 1.29 is 34.0 Å². The zero-order valence-electron chi connectivity index (χ0n) is 23.1. The van der Waals surface area contributed by atoms with E-state index in [1.54, 1.807) is 6.92 Å². The van der Waals surface area contributed by atoms with Crippen molar-refractivity contribution in [3.05, 3.63) is 58.3 Å². The third kappa shape index (κ3) is 6.79. The molecule has 0 radical (unpaired) electrons. The molecule has 2 fully saturated rings. The Hall–Kier alpha value is -4.65. The highest BCUT2D eigenvalue weighted by atomic mass is 16.6. The lowest BCUT2D eigenvalue weighted by molar-refractivity contribution is -0.384. The maximum absolute atomic E-state index is 13.0. The summed E-state index contributed by atoms with van der Waals surface area (Å²) in [5, 5.41) is 41.4. The Kier molecular flexibility index (Phi) is 8.57. The molecule has 1 aliphatic carbocycles. The minimum absolute atomic E-state index is 0.00272. The third-order valence-electron chi connectivity index (χ3n) is 7.82. The topological polar surface area (TPSA) is 180 Å². The van der Waals surface area contributed by atoms with Crippen LogP contribution in [0.3, 0.4) is 0 Å². The summed E-state index contributed by atoms with van der Waals surface area (Å²) in [7, 11) is 0. The Bertz CT molecular complexity index is 1440. The van der Waals surface area contributed by atoms with Crippen molar-refractivity contribution in [2.24, 2.45) is 0 Å². The van der Waals surface area contributed by atoms with Crippen LogP contribution >= 0.6 is 0 Å². The Morgan fingerprint density at radius 3 is 2.31 bits per heavy atom. The molecule has 2 aliphatic rings. The third-order valence-corrected chi connectivity index (χ3v) is 7.82. The molecule has 13 nitrogen and oxygen atoms in total. The number of amides is 2. The number of rotatable bonds is 8. The summed E-state index contributed by atoms with van der Waals surface area (Å²) < 4.78 is 11.2. The van der Waals surface area contributed by atoms with Gasteiger partial charge in [0.05, 0.1) is 4.92 Å². The van der Waals surface area contributed by atoms with Crippen LogP contribution in [-0.4, -0.2) is 68.2 Å². The second kappa shape index (κ2) is 12.5. The minimum atomic E-state index is -0.540. The van der Waals surface area contributed by atoms with Gasteiger partial charge in [-0.15, -0.1) is 0 Å². The number of phenols is 2. The van der Waals surface area contributed by atoms with Gasteiger partial charge in [0.2, 0.25) is 5.91 Å². The van der Waals surface area contributed by atoms with Gasteiger partial charge in [-0.3, -0.25) is 19.7 Å². The number of aromatic hydroxyl groups is 2. The number of carbonyl (C=O) groups is 2. The predicted molar refractivity (Wildman–Crippen MR) is 150 cm³/mol. The van der Waals surface area contributed by atoms with Crippen molar-refractivity contribution in [3.8, 4) is 34.3 Å². The molecule has 5 rings (SSSR count). The lowest BCUT2D eigenvalue weighted by atomic mass is 9.88. The summed E-state index contributed by atoms with van der Waals surface area (Å²) in [5.41, 5.74) is -0.0413. The van der Waals surface area contributed by atoms with Crippen molar-refractivity contribution in [3.63, 3.8) is 0 Å². The van der Waals surface area contributed by atoms with Crippen LogP contribution < -0.4 is 15.4 Å². The van der Waals surface area contributed by atoms with E-state index in [1.165, 1.54) is 36.4 Å². The van der Waals surface area contributed by atoms with Crippen molar-refractivity contribution >= 4 is 17.5 Å². The molecule has 0 bridgehead atoms. The van der Waals surface area contributed by atoms with Gasteiger partial charge in [-0.1, -0.05) is 5.16 Å². The molecule has 2 amide bonds. The predicted octanol–water partition coefficient (Wildman–Crippen LogP) is 4.09. The van der Waals surface area contributed by atoms with Crippen molar-refractivity contribution in [2.75, 3.05) is 13.1 Å². The first kappa shape index (κ1) is 28.9. The maximum Gasteiger partial charge on any atom is 0.273 e. The van der Waals surface area contributed by atoms with E-state index < -0.39 is 10.8 Å². The zero-order valence-corrected chi connectivity index (χ0v) is 23.1. The average Bonchev–Trinajstić information content (AvgIpc) is 3.43. The fourth-order valence-corrected chi connectivity index (χ4v) is 5.72. The molecule has 2 aromatic carbocycles. The highest BCUT2D eigenvalue weighted by Gasteiger charge is 2.30. The molecule has 222 valence electrons. The lowest BCUT2D eigenvalue weighted by Gasteiger charge is -2.41. The molecule has 1 aliphatic heterocycles. The number of ether oxygens (including phenoxy) is 1. The fourth-order valence-electron chi connectivity index (χ4n) is 5.72. The number of nitro benzene ring substituents is 1. The van der Waals surface area contributed by atoms with E-state index in [4.69, 9.17) is 9.26 Å². The SMILES string of the molecule is CC(=O)N[C@H]1CC[C@@H](N2CCC(NC(=O)c3cc(-c4c(O)cc(O)cc4Oc4ccc([N+](=O)[O-])cc4)on3)CC2)CC1. The van der Waals surface area contributed by atoms with Crippen LogP contribution in [-0.2, 0) is 4.79 Å². The second-order valence-electron chi connectivity index (χ2n) is 10.8. The minimum Gasteiger partial charge on any atom is -0.508 e. The van der Waals surface area contributed by atoms with Crippen molar-refractivity contribution in [2.45, 2.75) is 63.6 Å². The number of hydrogen-bond acceptors (Lipinski definition) is 10. The van der Waals surface area contributed by atoms with E-state index >= 15 is 0 Å². The second-order valence-corrected chi connectivity index (χ2v) is 10.8. The quantitative estimate of drug-likeness (QED) is 0.224. The average molecular weight is 580 g/mol. The van der Waals surface area contributed by atoms with E-state index in [0.717, 1.165) is 57.7 Å². The Labute approximate surface area is 241 Å². The van der Waals surface area contributed by atoms with Gasteiger partial charge < -0.3 is 35.0 Å². The van der Waals surface area contributed by atoms with Crippen LogP contribution in [0.5, 0.6) is 23.0 Å². The number of likely N-dealkylation sites (tertiary alicyclic amines) is 1. The van der Waals surface area contributed by atoms with Crippen molar-refractivity contribution in [1.82, 2.24) is 20.7 Å². The van der Waals surface area contributed by atoms with E-state index in [2.05, 4.69) is 20.7 Å². The molecule has 1 aromatic heterocycles. The number of nitro groups is 1. The van der Waals surface area contributed by atoms with Crippen LogP contribution in [0.25, 0.3) is 11.3 Å². The van der Waals surface area contributed by atoms with Crippen LogP contribution in [0, 0.1) is 10.1 Å². The number of benzene rings is 2. The smallest absolute Gasteiger partial charge is 0.273 e. The van der Waals surface area contributed by atoms with Gasteiger partial charge in [0.1, 0.15) is 28.6 Å². The molecule has 0 spiro atoms. The normalized spacial score (nSPS) is 19.6. The number of aromatic nitrogens is 1. The van der Waals surface area contributed by atoms with Crippen LogP contribution in [0.2, 0.25) is 0 Å². The summed E-state index contributed by atoms with van der Waals surface area (Å²) in [6.45, 7) is 3.29. The first-order valence-corrected chi connectivity index (χ1v) is 13.9. The number of carbonyl (C=O) groups excluding carboxylic acids is 2.